The number of nitrogens with zero attached hydrogens (tertiary/aromatic N) is 1. The van der Waals surface area contributed by atoms with Gasteiger partial charge < -0.3 is 9.47 Å². The Morgan fingerprint density at radius 1 is 1.08 bits per heavy atom. The Morgan fingerprint density at radius 2 is 1.75 bits per heavy atom. The van der Waals surface area contributed by atoms with Gasteiger partial charge in [-0.15, -0.1) is 0 Å². The van der Waals surface area contributed by atoms with Crippen molar-refractivity contribution in [3.8, 4) is 5.75 Å². The average Bonchev–Trinajstić information content (AvgIpc) is 3.06. The normalized spacial score (nSPS) is 18.9. The minimum Gasteiger partial charge on any atom is -0.491 e. The molecule has 3 rings (SSSR count). The number of hydrogen-bond donors (Lipinski definition) is 0. The molecule has 1 heterocycles. The molecule has 6 heteroatoms. The van der Waals surface area contributed by atoms with Gasteiger partial charge in [0.15, 0.2) is 0 Å². The van der Waals surface area contributed by atoms with Crippen molar-refractivity contribution in [1.29, 1.82) is 0 Å². The lowest BCUT2D eigenvalue weighted by molar-refractivity contribution is 0.104. The number of benzene rings is 2. The molecule has 128 valence electrons. The van der Waals surface area contributed by atoms with Gasteiger partial charge in [-0.1, -0.05) is 30.3 Å². The molecule has 1 atom stereocenters. The Kier molecular flexibility index (Phi) is 4.89. The highest BCUT2D eigenvalue weighted by Gasteiger charge is 2.34. The van der Waals surface area contributed by atoms with E-state index in [4.69, 9.17) is 9.47 Å². The number of rotatable bonds is 5. The molecule has 1 fully saturated rings. The van der Waals surface area contributed by atoms with Crippen LogP contribution in [-0.4, -0.2) is 32.1 Å². The molecule has 0 amide bonds. The lowest BCUT2D eigenvalue weighted by atomic mass is 10.1. The van der Waals surface area contributed by atoms with E-state index in [0.717, 1.165) is 5.56 Å². The van der Waals surface area contributed by atoms with Gasteiger partial charge in [-0.05, 0) is 43.7 Å². The van der Waals surface area contributed by atoms with E-state index < -0.39 is 10.0 Å². The summed E-state index contributed by atoms with van der Waals surface area (Å²) < 4.78 is 38.1. The molecule has 0 saturated carbocycles. The summed E-state index contributed by atoms with van der Waals surface area (Å²) in [5, 5.41) is 0. The van der Waals surface area contributed by atoms with Gasteiger partial charge in [0.05, 0.1) is 17.1 Å². The molecule has 0 aromatic heterocycles. The summed E-state index contributed by atoms with van der Waals surface area (Å²) in [6.07, 6.45) is -0.185. The van der Waals surface area contributed by atoms with Crippen molar-refractivity contribution in [3.05, 3.63) is 60.2 Å². The third-order valence-electron chi connectivity index (χ3n) is 3.79. The lowest BCUT2D eigenvalue weighted by Crippen LogP contribution is -2.28. The van der Waals surface area contributed by atoms with Gasteiger partial charge in [0, 0.05) is 6.54 Å². The van der Waals surface area contributed by atoms with E-state index in [1.54, 1.807) is 24.3 Å². The summed E-state index contributed by atoms with van der Waals surface area (Å²) >= 11 is 0. The van der Waals surface area contributed by atoms with E-state index in [-0.39, 0.29) is 23.8 Å². The van der Waals surface area contributed by atoms with Crippen LogP contribution in [0.2, 0.25) is 0 Å². The maximum atomic E-state index is 12.7. The van der Waals surface area contributed by atoms with Crippen LogP contribution >= 0.6 is 0 Å². The maximum absolute atomic E-state index is 12.7. The van der Waals surface area contributed by atoms with Crippen molar-refractivity contribution in [3.63, 3.8) is 0 Å². The third kappa shape index (κ3) is 3.61. The minimum absolute atomic E-state index is 0.0473. The second-order valence-corrected chi connectivity index (χ2v) is 7.91. The predicted octanol–water partition coefficient (Wildman–Crippen LogP) is 3.19. The molecule has 5 nitrogen and oxygen atoms in total. The first-order chi connectivity index (χ1) is 11.5. The Balaban J connectivity index is 1.74. The Bertz CT molecular complexity index is 772. The van der Waals surface area contributed by atoms with Gasteiger partial charge in [0.1, 0.15) is 12.5 Å². The Labute approximate surface area is 142 Å². The van der Waals surface area contributed by atoms with Crippen molar-refractivity contribution < 1.29 is 17.9 Å². The largest absolute Gasteiger partial charge is 0.491 e. The van der Waals surface area contributed by atoms with Gasteiger partial charge in [-0.3, -0.25) is 0 Å². The molecular weight excluding hydrogens is 326 g/mol. The van der Waals surface area contributed by atoms with Gasteiger partial charge in [-0.25, -0.2) is 8.42 Å². The summed E-state index contributed by atoms with van der Waals surface area (Å²) in [6, 6.07) is 16.2. The molecule has 1 aliphatic heterocycles. The zero-order valence-corrected chi connectivity index (χ0v) is 14.6. The Morgan fingerprint density at radius 3 is 2.38 bits per heavy atom. The molecule has 0 radical (unpaired) electrons. The van der Waals surface area contributed by atoms with Crippen molar-refractivity contribution in [2.45, 2.75) is 31.0 Å². The van der Waals surface area contributed by atoms with Gasteiger partial charge in [-0.2, -0.15) is 4.31 Å². The molecule has 1 unspecified atom stereocenters. The van der Waals surface area contributed by atoms with Gasteiger partial charge in [0.2, 0.25) is 10.0 Å². The SMILES string of the molecule is CC(C)Oc1ccc(S(=O)(=O)N2COC(c3ccccc3)C2)cc1. The summed E-state index contributed by atoms with van der Waals surface area (Å²) in [5.74, 6) is 0.656. The first-order valence-electron chi connectivity index (χ1n) is 7.90. The van der Waals surface area contributed by atoms with E-state index in [2.05, 4.69) is 0 Å². The van der Waals surface area contributed by atoms with E-state index in [9.17, 15) is 8.42 Å². The van der Waals surface area contributed by atoms with Crippen LogP contribution in [0.15, 0.2) is 59.5 Å². The zero-order valence-electron chi connectivity index (χ0n) is 13.8. The highest BCUT2D eigenvalue weighted by atomic mass is 32.2. The average molecular weight is 347 g/mol. The zero-order chi connectivity index (χ0) is 17.2. The summed E-state index contributed by atoms with van der Waals surface area (Å²) in [5.41, 5.74) is 0.982. The maximum Gasteiger partial charge on any atom is 0.245 e. The second-order valence-electron chi connectivity index (χ2n) is 5.97. The van der Waals surface area contributed by atoms with Crippen molar-refractivity contribution in [1.82, 2.24) is 4.31 Å². The molecule has 2 aromatic rings. The fourth-order valence-corrected chi connectivity index (χ4v) is 3.92. The van der Waals surface area contributed by atoms with Gasteiger partial charge in [0.25, 0.3) is 0 Å². The molecule has 1 saturated heterocycles. The van der Waals surface area contributed by atoms with Gasteiger partial charge >= 0.3 is 0 Å². The van der Waals surface area contributed by atoms with E-state index in [1.165, 1.54) is 4.31 Å². The number of ether oxygens (including phenoxy) is 2. The van der Waals surface area contributed by atoms with Crippen molar-refractivity contribution in [2.24, 2.45) is 0 Å². The topological polar surface area (TPSA) is 55.8 Å². The Hall–Kier alpha value is -1.89. The molecule has 2 aromatic carbocycles. The summed E-state index contributed by atoms with van der Waals surface area (Å²) in [7, 11) is -3.57. The monoisotopic (exact) mass is 347 g/mol. The lowest BCUT2D eigenvalue weighted by Gasteiger charge is -2.15. The van der Waals surface area contributed by atoms with Crippen LogP contribution in [0, 0.1) is 0 Å². The molecule has 0 aliphatic carbocycles. The molecular formula is C18H21NO4S. The van der Waals surface area contributed by atoms with Crippen LogP contribution in [0.5, 0.6) is 5.75 Å². The fraction of sp³-hybridized carbons (Fsp3) is 0.333. The standard InChI is InChI=1S/C18H21NO4S/c1-14(2)23-16-8-10-17(11-9-16)24(20,21)19-12-18(22-13-19)15-6-4-3-5-7-15/h3-11,14,18H,12-13H2,1-2H3. The molecule has 1 aliphatic rings. The molecule has 24 heavy (non-hydrogen) atoms. The summed E-state index contributed by atoms with van der Waals surface area (Å²) in [4.78, 5) is 0.246. The van der Waals surface area contributed by atoms with E-state index >= 15 is 0 Å². The van der Waals surface area contributed by atoms with E-state index in [1.807, 2.05) is 44.2 Å². The molecule has 0 spiro atoms. The van der Waals surface area contributed by atoms with Crippen LogP contribution in [0.4, 0.5) is 0 Å². The minimum atomic E-state index is -3.57. The molecule has 0 N–H and O–H groups in total. The smallest absolute Gasteiger partial charge is 0.245 e. The van der Waals surface area contributed by atoms with Crippen LogP contribution in [-0.2, 0) is 14.8 Å². The molecule has 0 bridgehead atoms. The van der Waals surface area contributed by atoms with E-state index in [0.29, 0.717) is 12.3 Å². The first kappa shape index (κ1) is 17.0. The van der Waals surface area contributed by atoms with Crippen molar-refractivity contribution in [2.75, 3.05) is 13.3 Å². The van der Waals surface area contributed by atoms with Crippen molar-refractivity contribution >= 4 is 10.0 Å². The third-order valence-corrected chi connectivity index (χ3v) is 5.60. The fourth-order valence-electron chi connectivity index (χ4n) is 2.61. The van der Waals surface area contributed by atoms with Crippen LogP contribution in [0.1, 0.15) is 25.5 Å². The highest BCUT2D eigenvalue weighted by Crippen LogP contribution is 2.29. The quantitative estimate of drug-likeness (QED) is 0.833. The summed E-state index contributed by atoms with van der Waals surface area (Å²) in [6.45, 7) is 4.23. The number of sulfonamides is 1. The predicted molar refractivity (Wildman–Crippen MR) is 91.2 cm³/mol. The second kappa shape index (κ2) is 6.93. The highest BCUT2D eigenvalue weighted by molar-refractivity contribution is 7.89. The van der Waals surface area contributed by atoms with Crippen LogP contribution in [0.3, 0.4) is 0 Å². The van der Waals surface area contributed by atoms with Crippen LogP contribution in [0.25, 0.3) is 0 Å². The van der Waals surface area contributed by atoms with Crippen LogP contribution < -0.4 is 4.74 Å². The number of hydrogen-bond acceptors (Lipinski definition) is 4. The first-order valence-corrected chi connectivity index (χ1v) is 9.34.